The highest BCUT2D eigenvalue weighted by molar-refractivity contribution is 7.89. The van der Waals surface area contributed by atoms with Crippen molar-refractivity contribution in [2.75, 3.05) is 20.3 Å². The average molecular weight is 530 g/mol. The lowest BCUT2D eigenvalue weighted by Crippen LogP contribution is -2.33. The van der Waals surface area contributed by atoms with Crippen molar-refractivity contribution in [3.8, 4) is 5.75 Å². The van der Waals surface area contributed by atoms with Gasteiger partial charge in [0, 0.05) is 25.6 Å². The second-order valence-electron chi connectivity index (χ2n) is 7.94. The van der Waals surface area contributed by atoms with E-state index in [0.29, 0.717) is 10.9 Å². The van der Waals surface area contributed by atoms with Crippen LogP contribution in [0.1, 0.15) is 5.56 Å². The molecule has 0 aliphatic rings. The van der Waals surface area contributed by atoms with E-state index in [1.165, 1.54) is 23.5 Å². The summed E-state index contributed by atoms with van der Waals surface area (Å²) in [6.07, 6.45) is 0. The summed E-state index contributed by atoms with van der Waals surface area (Å²) in [5.41, 5.74) is 0.626. The SMILES string of the molecule is COCCN(Cc1ccc(OS(=O)(=O)c2ccc(F)cc2)cc1)S(=O)(=O)c1cccc2ccccc12. The standard InChI is InChI=1S/C26H24FNO6S2/c1-33-18-17-28(35(29,30)26-8-4-6-21-5-2-3-7-25(21)26)19-20-9-13-23(14-10-20)34-36(31,32)24-15-11-22(27)12-16-24/h2-16H,17-19H2,1H3. The van der Waals surface area contributed by atoms with E-state index in [2.05, 4.69) is 0 Å². The first kappa shape index (κ1) is 25.8. The van der Waals surface area contributed by atoms with Crippen LogP contribution in [0.2, 0.25) is 0 Å². The molecule has 0 heterocycles. The van der Waals surface area contributed by atoms with Crippen molar-refractivity contribution in [2.45, 2.75) is 16.3 Å². The second-order valence-corrected chi connectivity index (χ2v) is 11.4. The largest absolute Gasteiger partial charge is 0.383 e. The summed E-state index contributed by atoms with van der Waals surface area (Å²) in [5, 5.41) is 1.44. The molecule has 4 aromatic rings. The predicted octanol–water partition coefficient (Wildman–Crippen LogP) is 4.58. The Labute approximate surface area is 209 Å². The maximum absolute atomic E-state index is 13.6. The molecule has 0 atom stereocenters. The summed E-state index contributed by atoms with van der Waals surface area (Å²) >= 11 is 0. The van der Waals surface area contributed by atoms with Crippen LogP contribution in [0.3, 0.4) is 0 Å². The van der Waals surface area contributed by atoms with Gasteiger partial charge >= 0.3 is 10.1 Å². The molecule has 7 nitrogen and oxygen atoms in total. The quantitative estimate of drug-likeness (QED) is 0.279. The van der Waals surface area contributed by atoms with Gasteiger partial charge in [0.25, 0.3) is 0 Å². The molecule has 0 unspecified atom stereocenters. The van der Waals surface area contributed by atoms with Gasteiger partial charge in [-0.2, -0.15) is 12.7 Å². The van der Waals surface area contributed by atoms with Crippen molar-refractivity contribution >= 4 is 30.9 Å². The molecule has 0 aromatic heterocycles. The van der Waals surface area contributed by atoms with Crippen molar-refractivity contribution in [3.63, 3.8) is 0 Å². The van der Waals surface area contributed by atoms with E-state index in [0.717, 1.165) is 29.7 Å². The number of hydrogen-bond donors (Lipinski definition) is 0. The molecule has 0 spiro atoms. The average Bonchev–Trinajstić information content (AvgIpc) is 2.87. The van der Waals surface area contributed by atoms with Crippen LogP contribution in [-0.4, -0.2) is 41.4 Å². The normalized spacial score (nSPS) is 12.2. The van der Waals surface area contributed by atoms with Crippen LogP contribution in [0, 0.1) is 5.82 Å². The minimum atomic E-state index is -4.15. The number of methoxy groups -OCH3 is 1. The van der Waals surface area contributed by atoms with Gasteiger partial charge in [0.1, 0.15) is 16.5 Å². The molecule has 4 aromatic carbocycles. The fourth-order valence-corrected chi connectivity index (χ4v) is 6.22. The Balaban J connectivity index is 1.57. The Morgan fingerprint density at radius 2 is 1.47 bits per heavy atom. The van der Waals surface area contributed by atoms with Crippen molar-refractivity contribution in [2.24, 2.45) is 0 Å². The van der Waals surface area contributed by atoms with Gasteiger partial charge in [-0.05, 0) is 53.4 Å². The minimum Gasteiger partial charge on any atom is -0.383 e. The fraction of sp³-hybridized carbons (Fsp3) is 0.154. The van der Waals surface area contributed by atoms with Crippen LogP contribution in [0.15, 0.2) is 101 Å². The Morgan fingerprint density at radius 1 is 0.806 bits per heavy atom. The molecule has 0 radical (unpaired) electrons. The molecule has 0 saturated heterocycles. The Morgan fingerprint density at radius 3 is 2.17 bits per heavy atom. The van der Waals surface area contributed by atoms with Crippen molar-refractivity contribution in [1.82, 2.24) is 4.31 Å². The lowest BCUT2D eigenvalue weighted by molar-refractivity contribution is 0.177. The number of nitrogens with zero attached hydrogens (tertiary/aromatic N) is 1. The topological polar surface area (TPSA) is 90.0 Å². The van der Waals surface area contributed by atoms with Crippen molar-refractivity contribution in [3.05, 3.63) is 102 Å². The molecule has 0 amide bonds. The van der Waals surface area contributed by atoms with Gasteiger partial charge < -0.3 is 8.92 Å². The van der Waals surface area contributed by atoms with Crippen LogP contribution >= 0.6 is 0 Å². The Bertz CT molecular complexity index is 1550. The minimum absolute atomic E-state index is 0.0416. The molecule has 0 N–H and O–H groups in total. The maximum atomic E-state index is 13.6. The van der Waals surface area contributed by atoms with E-state index < -0.39 is 26.0 Å². The summed E-state index contributed by atoms with van der Waals surface area (Å²) in [6.45, 7) is 0.361. The first-order chi connectivity index (χ1) is 17.2. The van der Waals surface area contributed by atoms with Gasteiger partial charge in [-0.15, -0.1) is 0 Å². The monoisotopic (exact) mass is 529 g/mol. The number of rotatable bonds is 10. The number of sulfonamides is 1. The highest BCUT2D eigenvalue weighted by atomic mass is 32.2. The Kier molecular flexibility index (Phi) is 7.70. The smallest absolute Gasteiger partial charge is 0.339 e. The summed E-state index contributed by atoms with van der Waals surface area (Å²) in [6, 6.07) is 22.8. The van der Waals surface area contributed by atoms with Gasteiger partial charge in [-0.25, -0.2) is 12.8 Å². The second kappa shape index (κ2) is 10.8. The maximum Gasteiger partial charge on any atom is 0.339 e. The third-order valence-corrected chi connectivity index (χ3v) is 8.67. The molecule has 0 bridgehead atoms. The zero-order chi connectivity index (χ0) is 25.8. The molecule has 0 aliphatic heterocycles. The van der Waals surface area contributed by atoms with E-state index in [4.69, 9.17) is 8.92 Å². The summed E-state index contributed by atoms with van der Waals surface area (Å²) in [5.74, 6) is -0.516. The summed E-state index contributed by atoms with van der Waals surface area (Å²) < 4.78 is 76.9. The highest BCUT2D eigenvalue weighted by Gasteiger charge is 2.26. The predicted molar refractivity (Wildman–Crippen MR) is 134 cm³/mol. The number of hydrogen-bond acceptors (Lipinski definition) is 6. The zero-order valence-corrected chi connectivity index (χ0v) is 21.0. The van der Waals surface area contributed by atoms with Gasteiger partial charge in [0.15, 0.2) is 0 Å². The molecule has 0 aliphatic carbocycles. The molecule has 0 saturated carbocycles. The summed E-state index contributed by atoms with van der Waals surface area (Å²) in [4.78, 5) is 0.0157. The molecular weight excluding hydrogens is 505 g/mol. The number of ether oxygens (including phenoxy) is 1. The van der Waals surface area contributed by atoms with Gasteiger partial charge in [0.2, 0.25) is 10.0 Å². The third-order valence-electron chi connectivity index (χ3n) is 5.50. The number of fused-ring (bicyclic) bond motifs is 1. The first-order valence-corrected chi connectivity index (χ1v) is 13.8. The van der Waals surface area contributed by atoms with E-state index in [1.54, 1.807) is 36.4 Å². The summed E-state index contributed by atoms with van der Waals surface area (Å²) in [7, 11) is -6.53. The lowest BCUT2D eigenvalue weighted by atomic mass is 10.1. The fourth-order valence-electron chi connectivity index (χ4n) is 3.67. The lowest BCUT2D eigenvalue weighted by Gasteiger charge is -2.23. The highest BCUT2D eigenvalue weighted by Crippen LogP contribution is 2.27. The van der Waals surface area contributed by atoms with E-state index in [9.17, 15) is 21.2 Å². The van der Waals surface area contributed by atoms with E-state index in [-0.39, 0.29) is 35.2 Å². The molecule has 36 heavy (non-hydrogen) atoms. The number of halogens is 1. The number of benzene rings is 4. The molecule has 188 valence electrons. The van der Waals surface area contributed by atoms with E-state index in [1.807, 2.05) is 18.2 Å². The van der Waals surface area contributed by atoms with Crippen LogP contribution < -0.4 is 4.18 Å². The van der Waals surface area contributed by atoms with E-state index >= 15 is 0 Å². The zero-order valence-electron chi connectivity index (χ0n) is 19.4. The van der Waals surface area contributed by atoms with Crippen molar-refractivity contribution < 1.29 is 30.1 Å². The van der Waals surface area contributed by atoms with Gasteiger partial charge in [-0.1, -0.05) is 48.5 Å². The van der Waals surface area contributed by atoms with Crippen LogP contribution in [0.25, 0.3) is 10.8 Å². The van der Waals surface area contributed by atoms with Crippen LogP contribution in [0.4, 0.5) is 4.39 Å². The van der Waals surface area contributed by atoms with Crippen LogP contribution in [-0.2, 0) is 31.4 Å². The molecule has 0 fully saturated rings. The molecule has 4 rings (SSSR count). The Hall–Kier alpha value is -3.31. The van der Waals surface area contributed by atoms with Gasteiger partial charge in [-0.3, -0.25) is 0 Å². The van der Waals surface area contributed by atoms with Crippen molar-refractivity contribution in [1.29, 1.82) is 0 Å². The van der Waals surface area contributed by atoms with Gasteiger partial charge in [0.05, 0.1) is 11.5 Å². The molecule has 10 heteroatoms. The third kappa shape index (κ3) is 5.73. The molecular formula is C26H24FNO6S2. The van der Waals surface area contributed by atoms with Crippen LogP contribution in [0.5, 0.6) is 5.75 Å². The first-order valence-electron chi connectivity index (χ1n) is 11.0.